The molecule has 2 rings (SSSR count). The lowest BCUT2D eigenvalue weighted by molar-refractivity contribution is -0.0942. The highest BCUT2D eigenvalue weighted by molar-refractivity contribution is 5.00. The first-order valence-electron chi connectivity index (χ1n) is 6.52. The molecule has 1 unspecified atom stereocenters. The molecule has 88 valence electrons. The van der Waals surface area contributed by atoms with E-state index in [1.165, 1.54) is 32.1 Å². The van der Waals surface area contributed by atoms with Crippen LogP contribution in [0.15, 0.2) is 0 Å². The van der Waals surface area contributed by atoms with Crippen LogP contribution in [-0.4, -0.2) is 17.3 Å². The number of rotatable bonds is 4. The molecule has 15 heavy (non-hydrogen) atoms. The maximum Gasteiger partial charge on any atom is 0.0690 e. The lowest BCUT2D eigenvalue weighted by Crippen LogP contribution is -2.52. The van der Waals surface area contributed by atoms with E-state index in [9.17, 15) is 5.11 Å². The van der Waals surface area contributed by atoms with Gasteiger partial charge in [-0.25, -0.2) is 0 Å². The van der Waals surface area contributed by atoms with E-state index in [2.05, 4.69) is 0 Å². The average Bonchev–Trinajstić information content (AvgIpc) is 3.02. The Morgan fingerprint density at radius 1 is 1.27 bits per heavy atom. The molecule has 0 aromatic rings. The van der Waals surface area contributed by atoms with E-state index in [-0.39, 0.29) is 5.41 Å². The fourth-order valence-corrected chi connectivity index (χ4v) is 3.29. The molecule has 0 aromatic heterocycles. The van der Waals surface area contributed by atoms with Crippen molar-refractivity contribution in [2.75, 3.05) is 6.54 Å². The molecule has 0 radical (unpaired) electrons. The van der Waals surface area contributed by atoms with Gasteiger partial charge in [-0.3, -0.25) is 0 Å². The van der Waals surface area contributed by atoms with Crippen molar-refractivity contribution < 1.29 is 5.11 Å². The van der Waals surface area contributed by atoms with Crippen LogP contribution in [-0.2, 0) is 0 Å². The van der Waals surface area contributed by atoms with Gasteiger partial charge in [-0.2, -0.15) is 0 Å². The van der Waals surface area contributed by atoms with Crippen LogP contribution in [0.3, 0.4) is 0 Å². The largest absolute Gasteiger partial charge is 0.390 e. The quantitative estimate of drug-likeness (QED) is 0.750. The second kappa shape index (κ2) is 4.06. The van der Waals surface area contributed by atoms with E-state index >= 15 is 0 Å². The van der Waals surface area contributed by atoms with Gasteiger partial charge in [0.2, 0.25) is 0 Å². The molecule has 2 heteroatoms. The maximum atomic E-state index is 10.7. The molecule has 2 nitrogen and oxygen atoms in total. The van der Waals surface area contributed by atoms with Gasteiger partial charge in [0.05, 0.1) is 5.60 Å². The smallest absolute Gasteiger partial charge is 0.0690 e. The van der Waals surface area contributed by atoms with Gasteiger partial charge in [0.15, 0.2) is 0 Å². The zero-order valence-corrected chi connectivity index (χ0v) is 9.97. The van der Waals surface area contributed by atoms with Crippen molar-refractivity contribution in [3.8, 4) is 0 Å². The van der Waals surface area contributed by atoms with E-state index in [0.29, 0.717) is 6.54 Å². The van der Waals surface area contributed by atoms with E-state index in [4.69, 9.17) is 5.73 Å². The SMILES string of the molecule is CC(O)(CC1CC1)C1(CN)CCCCC1. The normalized spacial score (nSPS) is 29.8. The second-order valence-corrected chi connectivity index (χ2v) is 5.97. The van der Waals surface area contributed by atoms with Gasteiger partial charge in [0, 0.05) is 12.0 Å². The molecule has 3 N–H and O–H groups in total. The minimum atomic E-state index is -0.524. The third-order valence-electron chi connectivity index (χ3n) is 4.73. The third-order valence-corrected chi connectivity index (χ3v) is 4.73. The zero-order valence-electron chi connectivity index (χ0n) is 9.97. The molecule has 0 aliphatic heterocycles. The van der Waals surface area contributed by atoms with Gasteiger partial charge in [-0.05, 0) is 32.1 Å². The summed E-state index contributed by atoms with van der Waals surface area (Å²) >= 11 is 0. The van der Waals surface area contributed by atoms with E-state index in [1.54, 1.807) is 0 Å². The Morgan fingerprint density at radius 3 is 2.33 bits per heavy atom. The lowest BCUT2D eigenvalue weighted by Gasteiger charge is -2.47. The monoisotopic (exact) mass is 211 g/mol. The summed E-state index contributed by atoms with van der Waals surface area (Å²) in [5, 5.41) is 10.7. The summed E-state index contributed by atoms with van der Waals surface area (Å²) < 4.78 is 0. The van der Waals surface area contributed by atoms with Crippen LogP contribution in [0.5, 0.6) is 0 Å². The first-order chi connectivity index (χ1) is 7.10. The van der Waals surface area contributed by atoms with Crippen molar-refractivity contribution in [1.82, 2.24) is 0 Å². The summed E-state index contributed by atoms with van der Waals surface area (Å²) in [4.78, 5) is 0. The van der Waals surface area contributed by atoms with Crippen LogP contribution >= 0.6 is 0 Å². The molecule has 0 spiro atoms. The first-order valence-corrected chi connectivity index (χ1v) is 6.52. The molecule has 0 aromatic carbocycles. The number of hydrogen-bond donors (Lipinski definition) is 2. The third kappa shape index (κ3) is 2.21. The number of nitrogens with two attached hydrogens (primary N) is 1. The predicted molar refractivity (Wildman–Crippen MR) is 62.5 cm³/mol. The van der Waals surface area contributed by atoms with Gasteiger partial charge in [-0.1, -0.05) is 32.1 Å². The maximum absolute atomic E-state index is 10.7. The Bertz CT molecular complexity index is 215. The van der Waals surface area contributed by atoms with Crippen LogP contribution in [0.2, 0.25) is 0 Å². The Hall–Kier alpha value is -0.0800. The van der Waals surface area contributed by atoms with Gasteiger partial charge >= 0.3 is 0 Å². The highest BCUT2D eigenvalue weighted by Gasteiger charge is 2.48. The Labute approximate surface area is 93.2 Å². The minimum absolute atomic E-state index is 0.0217. The van der Waals surface area contributed by atoms with Crippen molar-refractivity contribution in [2.45, 2.75) is 63.9 Å². The molecule has 0 amide bonds. The standard InChI is InChI=1S/C13H25NO/c1-12(15,9-11-5-6-11)13(10-14)7-3-2-4-8-13/h11,15H,2-10,14H2,1H3. The summed E-state index contributed by atoms with van der Waals surface area (Å²) in [5.74, 6) is 0.783. The highest BCUT2D eigenvalue weighted by atomic mass is 16.3. The van der Waals surface area contributed by atoms with Crippen molar-refractivity contribution in [1.29, 1.82) is 0 Å². The molecule has 2 saturated carbocycles. The zero-order chi connectivity index (χ0) is 10.9. The molecule has 2 fully saturated rings. The minimum Gasteiger partial charge on any atom is -0.390 e. The molecule has 0 heterocycles. The summed E-state index contributed by atoms with van der Waals surface area (Å²) in [5.41, 5.74) is 5.46. The first kappa shape index (κ1) is 11.4. The van der Waals surface area contributed by atoms with Gasteiger partial charge in [0.1, 0.15) is 0 Å². The van der Waals surface area contributed by atoms with Crippen LogP contribution in [0.25, 0.3) is 0 Å². The summed E-state index contributed by atoms with van der Waals surface area (Å²) in [6, 6.07) is 0. The second-order valence-electron chi connectivity index (χ2n) is 5.97. The Balaban J connectivity index is 2.07. The number of hydrogen-bond acceptors (Lipinski definition) is 2. The molecular weight excluding hydrogens is 186 g/mol. The van der Waals surface area contributed by atoms with Gasteiger partial charge < -0.3 is 10.8 Å². The Kier molecular flexibility index (Phi) is 3.09. The molecule has 2 aliphatic rings. The van der Waals surface area contributed by atoms with Crippen LogP contribution in [0.4, 0.5) is 0 Å². The van der Waals surface area contributed by atoms with Gasteiger partial charge in [0.25, 0.3) is 0 Å². The fraction of sp³-hybridized carbons (Fsp3) is 1.00. The topological polar surface area (TPSA) is 46.2 Å². The van der Waals surface area contributed by atoms with Crippen molar-refractivity contribution >= 4 is 0 Å². The summed E-state index contributed by atoms with van der Waals surface area (Å²) in [6.45, 7) is 2.69. The molecular formula is C13H25NO. The summed E-state index contributed by atoms with van der Waals surface area (Å²) in [6.07, 6.45) is 9.68. The molecule has 2 aliphatic carbocycles. The van der Waals surface area contributed by atoms with Crippen LogP contribution in [0.1, 0.15) is 58.3 Å². The fourth-order valence-electron chi connectivity index (χ4n) is 3.29. The average molecular weight is 211 g/mol. The lowest BCUT2D eigenvalue weighted by atomic mass is 9.62. The van der Waals surface area contributed by atoms with Crippen molar-refractivity contribution in [3.05, 3.63) is 0 Å². The van der Waals surface area contributed by atoms with E-state index in [1.807, 2.05) is 6.92 Å². The summed E-state index contributed by atoms with van der Waals surface area (Å²) in [7, 11) is 0. The molecule has 0 saturated heterocycles. The Morgan fingerprint density at radius 2 is 1.87 bits per heavy atom. The van der Waals surface area contributed by atoms with Crippen LogP contribution < -0.4 is 5.73 Å². The van der Waals surface area contributed by atoms with Crippen LogP contribution in [0, 0.1) is 11.3 Å². The van der Waals surface area contributed by atoms with E-state index < -0.39 is 5.60 Å². The van der Waals surface area contributed by atoms with Crippen molar-refractivity contribution in [2.24, 2.45) is 17.1 Å². The van der Waals surface area contributed by atoms with Gasteiger partial charge in [-0.15, -0.1) is 0 Å². The molecule has 1 atom stereocenters. The molecule has 0 bridgehead atoms. The highest BCUT2D eigenvalue weighted by Crippen LogP contribution is 2.49. The predicted octanol–water partition coefficient (Wildman–Crippen LogP) is 2.45. The van der Waals surface area contributed by atoms with Crippen molar-refractivity contribution in [3.63, 3.8) is 0 Å². The number of aliphatic hydroxyl groups is 1. The van der Waals surface area contributed by atoms with E-state index in [0.717, 1.165) is 25.2 Å².